The van der Waals surface area contributed by atoms with E-state index >= 15 is 0 Å². The van der Waals surface area contributed by atoms with Crippen LogP contribution in [0.25, 0.3) is 11.2 Å². The highest BCUT2D eigenvalue weighted by atomic mass is 16.3. The van der Waals surface area contributed by atoms with Crippen molar-refractivity contribution in [2.45, 2.75) is 13.0 Å². The molecular weight excluding hydrogens is 258 g/mol. The number of hydrogen-bond donors (Lipinski definition) is 4. The summed E-state index contributed by atoms with van der Waals surface area (Å²) in [6.07, 6.45) is 0.543. The molecule has 3 aromatic rings. The van der Waals surface area contributed by atoms with E-state index in [0.717, 1.165) is 11.1 Å². The molecule has 7 heteroatoms. The first-order chi connectivity index (χ1) is 9.65. The average Bonchev–Trinajstić information content (AvgIpc) is 2.82. The van der Waals surface area contributed by atoms with Gasteiger partial charge in [0, 0.05) is 6.42 Å². The number of H-pyrrole nitrogens is 2. The van der Waals surface area contributed by atoms with E-state index in [1.807, 2.05) is 24.3 Å². The van der Waals surface area contributed by atoms with Gasteiger partial charge in [-0.05, 0) is 11.1 Å². The third-order valence-electron chi connectivity index (χ3n) is 3.01. The number of hydrogen-bond acceptors (Lipinski definition) is 5. The van der Waals surface area contributed by atoms with Gasteiger partial charge < -0.3 is 15.8 Å². The molecule has 0 saturated carbocycles. The van der Waals surface area contributed by atoms with Crippen LogP contribution in [0, 0.1) is 0 Å². The van der Waals surface area contributed by atoms with Gasteiger partial charge in [0.25, 0.3) is 5.56 Å². The maximum absolute atomic E-state index is 11.7. The average molecular weight is 271 g/mol. The molecule has 0 aliphatic carbocycles. The fourth-order valence-electron chi connectivity index (χ4n) is 2.01. The molecule has 0 aliphatic heterocycles. The van der Waals surface area contributed by atoms with Crippen molar-refractivity contribution >= 4 is 17.1 Å². The summed E-state index contributed by atoms with van der Waals surface area (Å²) >= 11 is 0. The number of aliphatic hydroxyl groups excluding tert-OH is 1. The van der Waals surface area contributed by atoms with Crippen LogP contribution in [-0.2, 0) is 13.0 Å². The molecule has 0 fully saturated rings. The quantitative estimate of drug-likeness (QED) is 0.546. The number of aromatic amines is 2. The molecule has 3 rings (SSSR count). The second-order valence-electron chi connectivity index (χ2n) is 4.48. The number of fused-ring (bicyclic) bond motifs is 1. The molecule has 2 aromatic heterocycles. The summed E-state index contributed by atoms with van der Waals surface area (Å²) < 4.78 is 0. The Morgan fingerprint density at radius 1 is 1.10 bits per heavy atom. The van der Waals surface area contributed by atoms with Crippen LogP contribution in [0.3, 0.4) is 0 Å². The number of anilines is 1. The monoisotopic (exact) mass is 271 g/mol. The molecule has 7 nitrogen and oxygen atoms in total. The van der Waals surface area contributed by atoms with Crippen LogP contribution in [0.5, 0.6) is 0 Å². The summed E-state index contributed by atoms with van der Waals surface area (Å²) in [4.78, 5) is 25.3. The zero-order chi connectivity index (χ0) is 14.1. The maximum Gasteiger partial charge on any atom is 0.278 e. The molecule has 20 heavy (non-hydrogen) atoms. The first-order valence-electron chi connectivity index (χ1n) is 6.09. The third kappa shape index (κ3) is 2.26. The Hall–Kier alpha value is -2.67. The highest BCUT2D eigenvalue weighted by Gasteiger charge is 2.09. The Bertz CT molecular complexity index is 804. The van der Waals surface area contributed by atoms with Crippen LogP contribution in [0.2, 0.25) is 0 Å². The van der Waals surface area contributed by atoms with E-state index in [2.05, 4.69) is 19.9 Å². The molecule has 0 radical (unpaired) electrons. The number of nitrogens with two attached hydrogens (primary N) is 1. The minimum Gasteiger partial charge on any atom is -0.392 e. The highest BCUT2D eigenvalue weighted by molar-refractivity contribution is 5.70. The Morgan fingerprint density at radius 3 is 2.50 bits per heavy atom. The smallest absolute Gasteiger partial charge is 0.278 e. The van der Waals surface area contributed by atoms with Crippen molar-refractivity contribution in [2.24, 2.45) is 0 Å². The Kier molecular flexibility index (Phi) is 2.96. The number of rotatable bonds is 3. The molecule has 0 spiro atoms. The number of nitrogens with zero attached hydrogens (tertiary/aromatic N) is 2. The fourth-order valence-corrected chi connectivity index (χ4v) is 2.01. The first kappa shape index (κ1) is 12.4. The topological polar surface area (TPSA) is 121 Å². The third-order valence-corrected chi connectivity index (χ3v) is 3.01. The van der Waals surface area contributed by atoms with E-state index in [-0.39, 0.29) is 18.1 Å². The number of nitrogens with one attached hydrogen (secondary N) is 2. The second kappa shape index (κ2) is 4.78. The lowest BCUT2D eigenvalue weighted by Crippen LogP contribution is -2.10. The van der Waals surface area contributed by atoms with Crippen molar-refractivity contribution < 1.29 is 5.11 Å². The van der Waals surface area contributed by atoms with Gasteiger partial charge in [0.1, 0.15) is 5.82 Å². The molecular formula is C13H13N5O2. The van der Waals surface area contributed by atoms with Gasteiger partial charge in [0.15, 0.2) is 11.2 Å². The van der Waals surface area contributed by atoms with Crippen molar-refractivity contribution in [2.75, 3.05) is 5.73 Å². The molecule has 0 amide bonds. The summed E-state index contributed by atoms with van der Waals surface area (Å²) in [5.74, 6) is 0.688. The summed E-state index contributed by atoms with van der Waals surface area (Å²) in [6.45, 7) is 0.0174. The van der Waals surface area contributed by atoms with Gasteiger partial charge in [0.2, 0.25) is 5.95 Å². The lowest BCUT2D eigenvalue weighted by atomic mass is 10.1. The van der Waals surface area contributed by atoms with Crippen molar-refractivity contribution in [3.8, 4) is 0 Å². The lowest BCUT2D eigenvalue weighted by Gasteiger charge is -1.99. The van der Waals surface area contributed by atoms with E-state index in [9.17, 15) is 4.79 Å². The number of benzene rings is 1. The largest absolute Gasteiger partial charge is 0.392 e. The van der Waals surface area contributed by atoms with Gasteiger partial charge in [-0.25, -0.2) is 4.98 Å². The minimum absolute atomic E-state index is 0.0174. The zero-order valence-corrected chi connectivity index (χ0v) is 10.6. The van der Waals surface area contributed by atoms with E-state index < -0.39 is 0 Å². The van der Waals surface area contributed by atoms with Gasteiger partial charge >= 0.3 is 0 Å². The second-order valence-corrected chi connectivity index (χ2v) is 4.48. The molecule has 2 heterocycles. The minimum atomic E-state index is -0.332. The Balaban J connectivity index is 1.94. The van der Waals surface area contributed by atoms with Crippen LogP contribution in [0.15, 0.2) is 29.1 Å². The van der Waals surface area contributed by atoms with Crippen LogP contribution < -0.4 is 11.3 Å². The highest BCUT2D eigenvalue weighted by Crippen LogP contribution is 2.11. The van der Waals surface area contributed by atoms with Crippen molar-refractivity contribution in [3.63, 3.8) is 0 Å². The maximum atomic E-state index is 11.7. The van der Waals surface area contributed by atoms with Gasteiger partial charge in [-0.3, -0.25) is 9.78 Å². The predicted octanol–water partition coefficient (Wildman–Crippen LogP) is 0.312. The van der Waals surface area contributed by atoms with E-state index in [4.69, 9.17) is 10.8 Å². The molecule has 0 atom stereocenters. The Morgan fingerprint density at radius 2 is 1.80 bits per heavy atom. The first-order valence-corrected chi connectivity index (χ1v) is 6.09. The van der Waals surface area contributed by atoms with E-state index in [0.29, 0.717) is 23.4 Å². The van der Waals surface area contributed by atoms with Crippen LogP contribution in [0.1, 0.15) is 17.0 Å². The van der Waals surface area contributed by atoms with Crippen LogP contribution in [-0.4, -0.2) is 25.0 Å². The van der Waals surface area contributed by atoms with Crippen LogP contribution >= 0.6 is 0 Å². The lowest BCUT2D eigenvalue weighted by molar-refractivity contribution is 0.282. The normalized spacial score (nSPS) is 11.1. The molecule has 1 aromatic carbocycles. The van der Waals surface area contributed by atoms with Gasteiger partial charge in [-0.2, -0.15) is 4.98 Å². The molecule has 5 N–H and O–H groups in total. The predicted molar refractivity (Wildman–Crippen MR) is 74.1 cm³/mol. The van der Waals surface area contributed by atoms with Gasteiger partial charge in [-0.15, -0.1) is 0 Å². The zero-order valence-electron chi connectivity index (χ0n) is 10.6. The summed E-state index contributed by atoms with van der Waals surface area (Å²) in [6, 6.07) is 7.51. The van der Waals surface area contributed by atoms with Crippen LogP contribution in [0.4, 0.5) is 5.95 Å². The number of aromatic nitrogens is 4. The fraction of sp³-hybridized carbons (Fsp3) is 0.154. The van der Waals surface area contributed by atoms with E-state index in [1.54, 1.807) is 0 Å². The molecule has 0 aliphatic rings. The Labute approximate surface area is 113 Å². The molecule has 0 bridgehead atoms. The molecule has 0 saturated heterocycles. The SMILES string of the molecule is Nc1nc2nc(Cc3ccc(CO)cc3)[nH]c2c(=O)[nH]1. The summed E-state index contributed by atoms with van der Waals surface area (Å²) in [5.41, 5.74) is 7.65. The van der Waals surface area contributed by atoms with Crippen molar-refractivity contribution in [1.82, 2.24) is 19.9 Å². The molecule has 102 valence electrons. The van der Waals surface area contributed by atoms with Gasteiger partial charge in [-0.1, -0.05) is 24.3 Å². The summed E-state index contributed by atoms with van der Waals surface area (Å²) in [7, 11) is 0. The van der Waals surface area contributed by atoms with E-state index in [1.165, 1.54) is 0 Å². The number of aliphatic hydroxyl groups is 1. The number of nitrogen functional groups attached to an aromatic ring is 1. The van der Waals surface area contributed by atoms with Crippen molar-refractivity contribution in [3.05, 3.63) is 51.6 Å². The molecule has 0 unspecified atom stereocenters. The number of imidazole rings is 1. The summed E-state index contributed by atoms with van der Waals surface area (Å²) in [5, 5.41) is 8.99. The standard InChI is InChI=1S/C13H13N5O2/c14-13-17-11-10(12(20)18-13)15-9(16-11)5-7-1-3-8(6-19)4-2-7/h1-4,19H,5-6H2,(H4,14,15,16,17,18,20). The van der Waals surface area contributed by atoms with Gasteiger partial charge in [0.05, 0.1) is 6.61 Å². The van der Waals surface area contributed by atoms with Crippen molar-refractivity contribution in [1.29, 1.82) is 0 Å².